The number of benzene rings is 1. The van der Waals surface area contributed by atoms with Crippen LogP contribution in [0.2, 0.25) is 0 Å². The molecule has 1 rings (SSSR count). The minimum atomic E-state index is 0.355. The molecule has 0 amide bonds. The minimum absolute atomic E-state index is 0.355. The van der Waals surface area contributed by atoms with Gasteiger partial charge < -0.3 is 10.2 Å². The Bertz CT molecular complexity index is 379. The second-order valence-electron chi connectivity index (χ2n) is 4.96. The van der Waals surface area contributed by atoms with Gasteiger partial charge in [0.15, 0.2) is 0 Å². The van der Waals surface area contributed by atoms with Crippen molar-refractivity contribution in [1.29, 1.82) is 0 Å². The van der Waals surface area contributed by atoms with E-state index in [2.05, 4.69) is 72.2 Å². The van der Waals surface area contributed by atoms with Crippen LogP contribution in [0.1, 0.15) is 45.2 Å². The molecule has 0 fully saturated rings. The van der Waals surface area contributed by atoms with E-state index in [0.717, 1.165) is 4.47 Å². The molecule has 2 unspecified atom stereocenters. The van der Waals surface area contributed by atoms with E-state index in [0.29, 0.717) is 12.1 Å². The fourth-order valence-electron chi connectivity index (χ4n) is 2.20. The van der Waals surface area contributed by atoms with Crippen molar-refractivity contribution in [2.75, 3.05) is 19.0 Å². The van der Waals surface area contributed by atoms with Crippen molar-refractivity contribution < 1.29 is 0 Å². The number of hydrogen-bond acceptors (Lipinski definition) is 2. The molecule has 0 bridgehead atoms. The second kappa shape index (κ2) is 7.15. The van der Waals surface area contributed by atoms with Gasteiger partial charge in [0, 0.05) is 29.3 Å². The summed E-state index contributed by atoms with van der Waals surface area (Å²) in [4.78, 5) is 2.39. The zero-order valence-corrected chi connectivity index (χ0v) is 13.7. The van der Waals surface area contributed by atoms with Gasteiger partial charge in [0.1, 0.15) is 0 Å². The number of hydrogen-bond donors (Lipinski definition) is 1. The lowest BCUT2D eigenvalue weighted by atomic mass is 10.0. The van der Waals surface area contributed by atoms with E-state index in [9.17, 15) is 0 Å². The maximum Gasteiger partial charge on any atom is 0.0415 e. The van der Waals surface area contributed by atoms with Crippen LogP contribution >= 0.6 is 15.9 Å². The first-order valence-corrected chi connectivity index (χ1v) is 7.50. The number of anilines is 1. The molecule has 0 radical (unpaired) electrons. The second-order valence-corrected chi connectivity index (χ2v) is 5.88. The molecule has 0 saturated carbocycles. The monoisotopic (exact) mass is 312 g/mol. The normalized spacial score (nSPS) is 14.3. The van der Waals surface area contributed by atoms with Gasteiger partial charge in [-0.25, -0.2) is 0 Å². The largest absolute Gasteiger partial charge is 0.372 e. The van der Waals surface area contributed by atoms with Gasteiger partial charge in [0.2, 0.25) is 0 Å². The Labute approximate surface area is 120 Å². The third kappa shape index (κ3) is 3.72. The Balaban J connectivity index is 3.06. The zero-order chi connectivity index (χ0) is 13.7. The molecular formula is C15H25BrN2. The summed E-state index contributed by atoms with van der Waals surface area (Å²) in [5, 5.41) is 3.33. The van der Waals surface area contributed by atoms with Crippen molar-refractivity contribution in [3.8, 4) is 0 Å². The van der Waals surface area contributed by atoms with Gasteiger partial charge in [-0.1, -0.05) is 29.3 Å². The first kappa shape index (κ1) is 15.5. The van der Waals surface area contributed by atoms with Crippen LogP contribution in [0.25, 0.3) is 0 Å². The molecule has 1 aromatic rings. The van der Waals surface area contributed by atoms with Crippen molar-refractivity contribution in [2.24, 2.45) is 0 Å². The third-order valence-electron chi connectivity index (χ3n) is 3.64. The Morgan fingerprint density at radius 3 is 2.56 bits per heavy atom. The van der Waals surface area contributed by atoms with Crippen molar-refractivity contribution >= 4 is 21.6 Å². The van der Waals surface area contributed by atoms with Crippen LogP contribution in [0.4, 0.5) is 5.69 Å². The fourth-order valence-corrected chi connectivity index (χ4v) is 2.58. The molecule has 0 aliphatic heterocycles. The van der Waals surface area contributed by atoms with Gasteiger partial charge in [-0.2, -0.15) is 0 Å². The predicted octanol–water partition coefficient (Wildman–Crippen LogP) is 4.35. The standard InChI is InChI=1S/C15H25BrN2/c1-6-7-11(2)18(5)15-9-8-13(16)10-14(15)12(3)17-4/h8-12,17H,6-7H2,1-5H3. The van der Waals surface area contributed by atoms with Gasteiger partial charge in [-0.3, -0.25) is 0 Å². The van der Waals surface area contributed by atoms with E-state index in [1.807, 2.05) is 7.05 Å². The summed E-state index contributed by atoms with van der Waals surface area (Å²) in [6, 6.07) is 7.47. The van der Waals surface area contributed by atoms with Crippen LogP contribution in [0.5, 0.6) is 0 Å². The van der Waals surface area contributed by atoms with Gasteiger partial charge in [0.05, 0.1) is 0 Å². The van der Waals surface area contributed by atoms with Gasteiger partial charge in [0.25, 0.3) is 0 Å². The first-order valence-electron chi connectivity index (χ1n) is 6.70. The van der Waals surface area contributed by atoms with E-state index < -0.39 is 0 Å². The number of nitrogens with one attached hydrogen (secondary N) is 1. The molecule has 0 heterocycles. The lowest BCUT2D eigenvalue weighted by Crippen LogP contribution is -2.30. The maximum absolute atomic E-state index is 3.56. The number of halogens is 1. The summed E-state index contributed by atoms with van der Waals surface area (Å²) < 4.78 is 1.14. The van der Waals surface area contributed by atoms with Crippen LogP contribution in [0.15, 0.2) is 22.7 Å². The average Bonchev–Trinajstić information content (AvgIpc) is 2.37. The number of nitrogens with zero attached hydrogens (tertiary/aromatic N) is 1. The van der Waals surface area contributed by atoms with E-state index in [1.54, 1.807) is 0 Å². The Morgan fingerprint density at radius 2 is 2.00 bits per heavy atom. The molecule has 102 valence electrons. The third-order valence-corrected chi connectivity index (χ3v) is 4.13. The van der Waals surface area contributed by atoms with Gasteiger partial charge in [-0.05, 0) is 51.1 Å². The Hall–Kier alpha value is -0.540. The van der Waals surface area contributed by atoms with E-state index in [-0.39, 0.29) is 0 Å². The lowest BCUT2D eigenvalue weighted by molar-refractivity contribution is 0.603. The molecule has 1 N–H and O–H groups in total. The quantitative estimate of drug-likeness (QED) is 0.840. The molecule has 0 spiro atoms. The van der Waals surface area contributed by atoms with Crippen molar-refractivity contribution in [1.82, 2.24) is 5.32 Å². The number of rotatable bonds is 6. The highest BCUT2D eigenvalue weighted by atomic mass is 79.9. The summed E-state index contributed by atoms with van der Waals surface area (Å²) >= 11 is 3.56. The van der Waals surface area contributed by atoms with Gasteiger partial charge >= 0.3 is 0 Å². The lowest BCUT2D eigenvalue weighted by Gasteiger charge is -2.30. The van der Waals surface area contributed by atoms with E-state index in [4.69, 9.17) is 0 Å². The minimum Gasteiger partial charge on any atom is -0.372 e. The Kier molecular flexibility index (Phi) is 6.16. The molecule has 0 aliphatic rings. The highest BCUT2D eigenvalue weighted by molar-refractivity contribution is 9.10. The van der Waals surface area contributed by atoms with Crippen LogP contribution in [0, 0.1) is 0 Å². The summed E-state index contributed by atoms with van der Waals surface area (Å²) in [5.74, 6) is 0. The molecule has 2 atom stereocenters. The van der Waals surface area contributed by atoms with Gasteiger partial charge in [-0.15, -0.1) is 0 Å². The van der Waals surface area contributed by atoms with E-state index in [1.165, 1.54) is 24.1 Å². The summed E-state index contributed by atoms with van der Waals surface area (Å²) in [6.07, 6.45) is 2.44. The highest BCUT2D eigenvalue weighted by Crippen LogP contribution is 2.30. The topological polar surface area (TPSA) is 15.3 Å². The van der Waals surface area contributed by atoms with Crippen LogP contribution in [-0.4, -0.2) is 20.1 Å². The molecule has 3 heteroatoms. The zero-order valence-electron chi connectivity index (χ0n) is 12.1. The molecular weight excluding hydrogens is 288 g/mol. The van der Waals surface area contributed by atoms with Crippen LogP contribution in [0.3, 0.4) is 0 Å². The smallest absolute Gasteiger partial charge is 0.0415 e. The summed E-state index contributed by atoms with van der Waals surface area (Å²) in [6.45, 7) is 6.73. The predicted molar refractivity (Wildman–Crippen MR) is 84.4 cm³/mol. The van der Waals surface area contributed by atoms with Crippen molar-refractivity contribution in [3.05, 3.63) is 28.2 Å². The fraction of sp³-hybridized carbons (Fsp3) is 0.600. The molecule has 0 aliphatic carbocycles. The maximum atomic E-state index is 3.56. The molecule has 2 nitrogen and oxygen atoms in total. The summed E-state index contributed by atoms with van der Waals surface area (Å²) in [7, 11) is 4.19. The van der Waals surface area contributed by atoms with E-state index >= 15 is 0 Å². The molecule has 0 aromatic heterocycles. The van der Waals surface area contributed by atoms with Crippen LogP contribution in [-0.2, 0) is 0 Å². The Morgan fingerprint density at radius 1 is 1.33 bits per heavy atom. The SMILES string of the molecule is CCCC(C)N(C)c1ccc(Br)cc1C(C)NC. The highest BCUT2D eigenvalue weighted by Gasteiger charge is 2.16. The summed E-state index contributed by atoms with van der Waals surface area (Å²) in [5.41, 5.74) is 2.67. The van der Waals surface area contributed by atoms with Crippen LogP contribution < -0.4 is 10.2 Å². The average molecular weight is 313 g/mol. The molecule has 18 heavy (non-hydrogen) atoms. The molecule has 1 aromatic carbocycles. The van der Waals surface area contributed by atoms with Crippen molar-refractivity contribution in [3.63, 3.8) is 0 Å². The molecule has 0 saturated heterocycles. The van der Waals surface area contributed by atoms with Crippen molar-refractivity contribution in [2.45, 2.75) is 45.7 Å². The first-order chi connectivity index (χ1) is 8.51.